The molecule has 1 amide bonds. The quantitative estimate of drug-likeness (QED) is 0.165. The number of nitrogens with zero attached hydrogens (tertiary/aromatic N) is 7. The van der Waals surface area contributed by atoms with Crippen LogP contribution in [0.3, 0.4) is 0 Å². The number of ether oxygens (including phenoxy) is 2. The van der Waals surface area contributed by atoms with E-state index in [0.29, 0.717) is 36.1 Å². The first kappa shape index (κ1) is 30.5. The number of pyridine rings is 2. The molecule has 3 atom stereocenters. The van der Waals surface area contributed by atoms with Gasteiger partial charge in [0, 0.05) is 42.4 Å². The second kappa shape index (κ2) is 12.2. The first-order valence-corrected chi connectivity index (χ1v) is 16.5. The number of fused-ring (bicyclic) bond motifs is 2. The Kier molecular flexibility index (Phi) is 8.09. The molecular weight excluding hydrogens is 602 g/mol. The number of hydrogen-bond acceptors (Lipinski definition) is 7. The molecule has 1 aromatic carbocycles. The van der Waals surface area contributed by atoms with Crippen LogP contribution in [0.5, 0.6) is 11.6 Å². The van der Waals surface area contributed by atoms with Crippen molar-refractivity contribution >= 4 is 39.6 Å². The van der Waals surface area contributed by atoms with E-state index in [-0.39, 0.29) is 24.0 Å². The molecule has 10 nitrogen and oxygen atoms in total. The molecule has 11 heteroatoms. The smallest absolute Gasteiger partial charge is 0.240 e. The Balaban J connectivity index is 0.000000200. The van der Waals surface area contributed by atoms with Crippen LogP contribution in [0.4, 0.5) is 0 Å². The fourth-order valence-electron chi connectivity index (χ4n) is 6.40. The largest absolute Gasteiger partial charge is 0.497 e. The summed E-state index contributed by atoms with van der Waals surface area (Å²) in [4.78, 5) is 32.7. The maximum atomic E-state index is 12.9. The number of likely N-dealkylation sites (tertiary alicyclic amines) is 1. The number of rotatable bonds is 8. The third kappa shape index (κ3) is 6.02. The molecule has 1 aliphatic heterocycles. The van der Waals surface area contributed by atoms with E-state index < -0.39 is 0 Å². The Bertz CT molecular complexity index is 1890. The van der Waals surface area contributed by atoms with Gasteiger partial charge >= 0.3 is 0 Å². The Morgan fingerprint density at radius 3 is 2.07 bits per heavy atom. The molecule has 5 aromatic rings. The molecule has 46 heavy (non-hydrogen) atoms. The number of hydrogen-bond donors (Lipinski definition) is 0. The van der Waals surface area contributed by atoms with Gasteiger partial charge in [-0.1, -0.05) is 23.7 Å². The zero-order valence-corrected chi connectivity index (χ0v) is 27.7. The van der Waals surface area contributed by atoms with Crippen molar-refractivity contribution in [2.24, 2.45) is 5.92 Å². The number of carbonyl (C=O) groups is 1. The summed E-state index contributed by atoms with van der Waals surface area (Å²) in [6.07, 6.45) is 8.93. The number of aryl methyl sites for hydroxylation is 2. The fraction of sp³-hybridized carbons (Fsp3) is 0.457. The van der Waals surface area contributed by atoms with E-state index in [4.69, 9.17) is 26.1 Å². The van der Waals surface area contributed by atoms with Gasteiger partial charge in [-0.05, 0) is 83.2 Å². The molecule has 0 unspecified atom stereocenters. The van der Waals surface area contributed by atoms with E-state index in [0.717, 1.165) is 44.8 Å². The van der Waals surface area contributed by atoms with E-state index in [1.807, 2.05) is 74.7 Å². The van der Waals surface area contributed by atoms with Crippen molar-refractivity contribution in [1.29, 1.82) is 0 Å². The second-order valence-electron chi connectivity index (χ2n) is 12.9. The van der Waals surface area contributed by atoms with E-state index in [1.54, 1.807) is 7.11 Å². The summed E-state index contributed by atoms with van der Waals surface area (Å²) in [5.41, 5.74) is 6.74. The third-order valence-corrected chi connectivity index (χ3v) is 9.65. The number of halogens is 1. The van der Waals surface area contributed by atoms with Crippen LogP contribution in [0.2, 0.25) is 5.15 Å². The minimum absolute atomic E-state index is 0.00528. The number of amides is 1. The Hall–Kier alpha value is -4.18. The van der Waals surface area contributed by atoms with Gasteiger partial charge in [-0.3, -0.25) is 4.79 Å². The van der Waals surface area contributed by atoms with Crippen molar-refractivity contribution in [3.05, 3.63) is 71.2 Å². The zero-order valence-electron chi connectivity index (χ0n) is 27.0. The highest BCUT2D eigenvalue weighted by molar-refractivity contribution is 6.33. The van der Waals surface area contributed by atoms with E-state index in [9.17, 15) is 4.79 Å². The van der Waals surface area contributed by atoms with E-state index in [2.05, 4.69) is 31.0 Å². The van der Waals surface area contributed by atoms with Gasteiger partial charge in [0.1, 0.15) is 22.9 Å². The highest BCUT2D eigenvalue weighted by atomic mass is 35.5. The normalized spacial score (nSPS) is 19.3. The molecule has 3 fully saturated rings. The highest BCUT2D eigenvalue weighted by Crippen LogP contribution is 2.40. The number of carbonyl (C=O) groups excluding carboxylic acids is 1. The lowest BCUT2D eigenvalue weighted by Gasteiger charge is -2.26. The zero-order chi connectivity index (χ0) is 32.1. The van der Waals surface area contributed by atoms with Gasteiger partial charge in [-0.2, -0.15) is 0 Å². The summed E-state index contributed by atoms with van der Waals surface area (Å²) < 4.78 is 16.0. The molecule has 2 aliphatic carbocycles. The molecule has 0 N–H and O–H groups in total. The molecule has 3 aliphatic rings. The van der Waals surface area contributed by atoms with Gasteiger partial charge in [-0.15, -0.1) is 0 Å². The minimum Gasteiger partial charge on any atom is -0.497 e. The maximum Gasteiger partial charge on any atom is 0.240 e. The molecule has 1 saturated heterocycles. The molecular formula is C35H40ClN7O3. The van der Waals surface area contributed by atoms with Crippen LogP contribution < -0.4 is 9.47 Å². The third-order valence-electron chi connectivity index (χ3n) is 9.38. The molecule has 0 bridgehead atoms. The monoisotopic (exact) mass is 641 g/mol. The summed E-state index contributed by atoms with van der Waals surface area (Å²) in [6, 6.07) is 13.0. The first-order chi connectivity index (χ1) is 22.2. The van der Waals surface area contributed by atoms with Gasteiger partial charge in [-0.25, -0.2) is 19.9 Å². The lowest BCUT2D eigenvalue weighted by Crippen LogP contribution is -2.31. The molecule has 240 valence electrons. The van der Waals surface area contributed by atoms with E-state index in [1.165, 1.54) is 25.7 Å². The van der Waals surface area contributed by atoms with Crippen LogP contribution in [0.15, 0.2) is 49.1 Å². The number of imidazole rings is 2. The van der Waals surface area contributed by atoms with Gasteiger partial charge in [0.05, 0.1) is 36.8 Å². The summed E-state index contributed by atoms with van der Waals surface area (Å²) in [7, 11) is 1.66. The standard InChI is InChI=1S/C25H30N4O3.C10H10ClN3/c1-15-11-22-24(29(14-26-22)20-7-8-20)25(27-15)32-17(3)19-12-23(30)28(13-19)16(2)18-5-9-21(31-4)10-6-18;1-6-4-8-9(10(11)13-6)14(5-12-8)7-2-3-7/h5-6,9-11,14,16-17,19-20H,7-8,12-13H2,1-4H3;4-5,7H,2-3H2,1H3/t16-,17-,19-;/m1./s1. The predicted molar refractivity (Wildman–Crippen MR) is 177 cm³/mol. The van der Waals surface area contributed by atoms with Crippen LogP contribution in [-0.2, 0) is 4.79 Å². The van der Waals surface area contributed by atoms with Crippen LogP contribution in [0.1, 0.15) is 81.0 Å². The number of methoxy groups -OCH3 is 1. The predicted octanol–water partition coefficient (Wildman–Crippen LogP) is 7.19. The minimum atomic E-state index is -0.132. The van der Waals surface area contributed by atoms with Crippen molar-refractivity contribution < 1.29 is 14.3 Å². The van der Waals surface area contributed by atoms with Crippen molar-refractivity contribution in [1.82, 2.24) is 34.0 Å². The number of aromatic nitrogens is 6. The Labute approximate surface area is 273 Å². The summed E-state index contributed by atoms with van der Waals surface area (Å²) in [5, 5.41) is 0.574. The maximum absolute atomic E-state index is 12.9. The average molecular weight is 642 g/mol. The molecule has 0 radical (unpaired) electrons. The van der Waals surface area contributed by atoms with Crippen molar-refractivity contribution in [3.8, 4) is 11.6 Å². The van der Waals surface area contributed by atoms with E-state index >= 15 is 0 Å². The molecule has 5 heterocycles. The fourth-order valence-corrected chi connectivity index (χ4v) is 6.73. The SMILES string of the molecule is COc1ccc([C@@H](C)N2C[C@H]([C@@H](C)Oc3nc(C)cc4ncn(C5CC5)c34)CC2=O)cc1.Cc1cc2ncn(C3CC3)c2c(Cl)n1. The van der Waals surface area contributed by atoms with Gasteiger partial charge in [0.25, 0.3) is 0 Å². The highest BCUT2D eigenvalue weighted by Gasteiger charge is 2.37. The molecule has 8 rings (SSSR count). The van der Waals surface area contributed by atoms with Crippen molar-refractivity contribution in [3.63, 3.8) is 0 Å². The lowest BCUT2D eigenvalue weighted by molar-refractivity contribution is -0.129. The Morgan fingerprint density at radius 2 is 1.46 bits per heavy atom. The Morgan fingerprint density at radius 1 is 0.870 bits per heavy atom. The second-order valence-corrected chi connectivity index (χ2v) is 13.3. The summed E-state index contributed by atoms with van der Waals surface area (Å²) >= 11 is 6.11. The van der Waals surface area contributed by atoms with Crippen molar-refractivity contribution in [2.45, 2.75) is 84.0 Å². The lowest BCUT2D eigenvalue weighted by atomic mass is 10.0. The molecule has 2 saturated carbocycles. The van der Waals surface area contributed by atoms with Crippen LogP contribution in [-0.4, -0.2) is 59.6 Å². The van der Waals surface area contributed by atoms with Crippen LogP contribution in [0, 0.1) is 19.8 Å². The number of benzene rings is 1. The van der Waals surface area contributed by atoms with Crippen molar-refractivity contribution in [2.75, 3.05) is 13.7 Å². The molecule has 0 spiro atoms. The molecule has 4 aromatic heterocycles. The summed E-state index contributed by atoms with van der Waals surface area (Å²) in [6.45, 7) is 8.69. The van der Waals surface area contributed by atoms with Crippen LogP contribution in [0.25, 0.3) is 22.1 Å². The summed E-state index contributed by atoms with van der Waals surface area (Å²) in [5.74, 6) is 1.72. The average Bonchev–Trinajstić information content (AvgIpc) is 3.95. The van der Waals surface area contributed by atoms with Gasteiger partial charge in [0.15, 0.2) is 5.15 Å². The first-order valence-electron chi connectivity index (χ1n) is 16.1. The van der Waals surface area contributed by atoms with Gasteiger partial charge in [0.2, 0.25) is 11.8 Å². The van der Waals surface area contributed by atoms with Crippen LogP contribution >= 0.6 is 11.6 Å². The topological polar surface area (TPSA) is 100 Å². The van der Waals surface area contributed by atoms with Gasteiger partial charge < -0.3 is 23.5 Å².